The summed E-state index contributed by atoms with van der Waals surface area (Å²) in [6.45, 7) is 1.95. The fourth-order valence-electron chi connectivity index (χ4n) is 1.51. The molecule has 0 aromatic heterocycles. The Labute approximate surface area is 86.3 Å². The SMILES string of the molecule is C[C@@H]1C[C@H]1C(=O)Nc1cc(F)ccc1F. The topological polar surface area (TPSA) is 29.1 Å². The van der Waals surface area contributed by atoms with Crippen molar-refractivity contribution >= 4 is 11.6 Å². The lowest BCUT2D eigenvalue weighted by atomic mass is 10.2. The van der Waals surface area contributed by atoms with Crippen molar-refractivity contribution in [2.45, 2.75) is 13.3 Å². The average molecular weight is 211 g/mol. The summed E-state index contributed by atoms with van der Waals surface area (Å²) < 4.78 is 25.9. The number of halogens is 2. The molecule has 1 amide bonds. The molecule has 1 fully saturated rings. The molecule has 0 radical (unpaired) electrons. The summed E-state index contributed by atoms with van der Waals surface area (Å²) in [6.07, 6.45) is 0.822. The van der Waals surface area contributed by atoms with E-state index in [1.54, 1.807) is 0 Å². The van der Waals surface area contributed by atoms with E-state index in [0.717, 1.165) is 24.6 Å². The van der Waals surface area contributed by atoms with Gasteiger partial charge in [0.15, 0.2) is 0 Å². The predicted octanol–water partition coefficient (Wildman–Crippen LogP) is 2.56. The molecule has 1 aromatic carbocycles. The minimum Gasteiger partial charge on any atom is -0.323 e. The second-order valence-corrected chi connectivity index (χ2v) is 3.93. The highest BCUT2D eigenvalue weighted by Crippen LogP contribution is 2.38. The van der Waals surface area contributed by atoms with Crippen molar-refractivity contribution in [3.05, 3.63) is 29.8 Å². The fraction of sp³-hybridized carbons (Fsp3) is 0.364. The summed E-state index contributed by atoms with van der Waals surface area (Å²) >= 11 is 0. The van der Waals surface area contributed by atoms with Crippen molar-refractivity contribution in [1.82, 2.24) is 0 Å². The van der Waals surface area contributed by atoms with Crippen LogP contribution < -0.4 is 5.32 Å². The maximum absolute atomic E-state index is 13.1. The van der Waals surface area contributed by atoms with Gasteiger partial charge in [-0.05, 0) is 24.5 Å². The molecule has 0 aliphatic heterocycles. The van der Waals surface area contributed by atoms with Crippen molar-refractivity contribution in [2.24, 2.45) is 11.8 Å². The lowest BCUT2D eigenvalue weighted by Gasteiger charge is -2.05. The van der Waals surface area contributed by atoms with Gasteiger partial charge >= 0.3 is 0 Å². The Kier molecular flexibility index (Phi) is 2.42. The zero-order valence-electron chi connectivity index (χ0n) is 8.26. The first-order chi connectivity index (χ1) is 7.08. The van der Waals surface area contributed by atoms with Crippen LogP contribution in [0.1, 0.15) is 13.3 Å². The number of anilines is 1. The Morgan fingerprint density at radius 2 is 2.13 bits per heavy atom. The van der Waals surface area contributed by atoms with Crippen LogP contribution in [0.2, 0.25) is 0 Å². The van der Waals surface area contributed by atoms with Gasteiger partial charge in [-0.1, -0.05) is 6.92 Å². The molecule has 0 unspecified atom stereocenters. The van der Waals surface area contributed by atoms with Crippen LogP contribution in [0.5, 0.6) is 0 Å². The van der Waals surface area contributed by atoms with Gasteiger partial charge in [-0.15, -0.1) is 0 Å². The van der Waals surface area contributed by atoms with Crippen LogP contribution in [0.4, 0.5) is 14.5 Å². The summed E-state index contributed by atoms with van der Waals surface area (Å²) in [4.78, 5) is 11.4. The van der Waals surface area contributed by atoms with E-state index in [1.807, 2.05) is 6.92 Å². The zero-order chi connectivity index (χ0) is 11.0. The zero-order valence-corrected chi connectivity index (χ0v) is 8.26. The van der Waals surface area contributed by atoms with E-state index in [0.29, 0.717) is 5.92 Å². The number of hydrogen-bond donors (Lipinski definition) is 1. The molecule has 80 valence electrons. The van der Waals surface area contributed by atoms with Crippen LogP contribution in [0.3, 0.4) is 0 Å². The predicted molar refractivity (Wildman–Crippen MR) is 52.3 cm³/mol. The summed E-state index contributed by atoms with van der Waals surface area (Å²) in [5.74, 6) is -1.10. The fourth-order valence-corrected chi connectivity index (χ4v) is 1.51. The Hall–Kier alpha value is -1.45. The number of carbonyl (C=O) groups is 1. The monoisotopic (exact) mass is 211 g/mol. The molecule has 4 heteroatoms. The van der Waals surface area contributed by atoms with Crippen molar-refractivity contribution in [3.63, 3.8) is 0 Å². The van der Waals surface area contributed by atoms with Gasteiger partial charge in [0.1, 0.15) is 11.6 Å². The molecule has 0 heterocycles. The largest absolute Gasteiger partial charge is 0.323 e. The highest BCUT2D eigenvalue weighted by molar-refractivity contribution is 5.94. The number of amides is 1. The van der Waals surface area contributed by atoms with E-state index >= 15 is 0 Å². The molecular weight excluding hydrogens is 200 g/mol. The van der Waals surface area contributed by atoms with Crippen molar-refractivity contribution in [2.75, 3.05) is 5.32 Å². The van der Waals surface area contributed by atoms with E-state index in [-0.39, 0.29) is 17.5 Å². The first-order valence-electron chi connectivity index (χ1n) is 4.84. The number of carbonyl (C=O) groups excluding carboxylic acids is 1. The number of benzene rings is 1. The van der Waals surface area contributed by atoms with Crippen molar-refractivity contribution in [1.29, 1.82) is 0 Å². The first-order valence-corrected chi connectivity index (χ1v) is 4.84. The van der Waals surface area contributed by atoms with Gasteiger partial charge in [0.2, 0.25) is 5.91 Å². The molecule has 2 atom stereocenters. The minimum absolute atomic E-state index is 0.0485. The maximum atomic E-state index is 13.1. The van der Waals surface area contributed by atoms with Crippen molar-refractivity contribution < 1.29 is 13.6 Å². The van der Waals surface area contributed by atoms with Gasteiger partial charge in [-0.3, -0.25) is 4.79 Å². The minimum atomic E-state index is -0.613. The van der Waals surface area contributed by atoms with E-state index in [9.17, 15) is 13.6 Å². The van der Waals surface area contributed by atoms with E-state index in [1.165, 1.54) is 0 Å². The van der Waals surface area contributed by atoms with Crippen LogP contribution in [-0.4, -0.2) is 5.91 Å². The van der Waals surface area contributed by atoms with Crippen LogP contribution in [0.25, 0.3) is 0 Å². The van der Waals surface area contributed by atoms with Crippen LogP contribution >= 0.6 is 0 Å². The van der Waals surface area contributed by atoms with Gasteiger partial charge in [0.05, 0.1) is 5.69 Å². The number of nitrogens with one attached hydrogen (secondary N) is 1. The Balaban J connectivity index is 2.10. The second kappa shape index (κ2) is 3.61. The van der Waals surface area contributed by atoms with E-state index in [2.05, 4.69) is 5.32 Å². The molecule has 2 nitrogen and oxygen atoms in total. The number of hydrogen-bond acceptors (Lipinski definition) is 1. The summed E-state index contributed by atoms with van der Waals surface area (Å²) in [6, 6.07) is 3.01. The molecular formula is C11H11F2NO. The van der Waals surface area contributed by atoms with Crippen LogP contribution in [-0.2, 0) is 4.79 Å². The highest BCUT2D eigenvalue weighted by Gasteiger charge is 2.39. The molecule has 15 heavy (non-hydrogen) atoms. The lowest BCUT2D eigenvalue weighted by molar-refractivity contribution is -0.117. The molecule has 1 aliphatic carbocycles. The number of rotatable bonds is 2. The Bertz CT molecular complexity index is 406. The molecule has 1 aromatic rings. The molecule has 0 saturated heterocycles. The Morgan fingerprint density at radius 3 is 2.73 bits per heavy atom. The normalized spacial score (nSPS) is 23.7. The smallest absolute Gasteiger partial charge is 0.227 e. The first kappa shape index (κ1) is 10.1. The van der Waals surface area contributed by atoms with Crippen molar-refractivity contribution in [3.8, 4) is 0 Å². The van der Waals surface area contributed by atoms with Gasteiger partial charge in [-0.25, -0.2) is 8.78 Å². The molecule has 0 spiro atoms. The van der Waals surface area contributed by atoms with Gasteiger partial charge in [0, 0.05) is 12.0 Å². The molecule has 1 N–H and O–H groups in total. The third-order valence-corrected chi connectivity index (χ3v) is 2.63. The van der Waals surface area contributed by atoms with Crippen LogP contribution in [0.15, 0.2) is 18.2 Å². The van der Waals surface area contributed by atoms with E-state index in [4.69, 9.17) is 0 Å². The standard InChI is InChI=1S/C11H11F2NO/c1-6-4-8(6)11(15)14-10-5-7(12)2-3-9(10)13/h2-3,5-6,8H,4H2,1H3,(H,14,15)/t6-,8-/m1/s1. The van der Waals surface area contributed by atoms with Crippen LogP contribution in [0, 0.1) is 23.5 Å². The molecule has 2 rings (SSSR count). The lowest BCUT2D eigenvalue weighted by Crippen LogP contribution is -2.15. The average Bonchev–Trinajstić information content (AvgIpc) is 2.89. The third kappa shape index (κ3) is 2.14. The molecule has 1 aliphatic rings. The summed E-state index contributed by atoms with van der Waals surface area (Å²) in [5, 5.41) is 2.39. The third-order valence-electron chi connectivity index (χ3n) is 2.63. The maximum Gasteiger partial charge on any atom is 0.227 e. The molecule has 1 saturated carbocycles. The Morgan fingerprint density at radius 1 is 1.47 bits per heavy atom. The van der Waals surface area contributed by atoms with Gasteiger partial charge in [-0.2, -0.15) is 0 Å². The van der Waals surface area contributed by atoms with Gasteiger partial charge < -0.3 is 5.32 Å². The summed E-state index contributed by atoms with van der Waals surface area (Å²) in [5.41, 5.74) is -0.0842. The molecule has 0 bridgehead atoms. The van der Waals surface area contributed by atoms with Gasteiger partial charge in [0.25, 0.3) is 0 Å². The van der Waals surface area contributed by atoms with E-state index < -0.39 is 11.6 Å². The second-order valence-electron chi connectivity index (χ2n) is 3.93. The quantitative estimate of drug-likeness (QED) is 0.800. The highest BCUT2D eigenvalue weighted by atomic mass is 19.1. The summed E-state index contributed by atoms with van der Waals surface area (Å²) in [7, 11) is 0.